The minimum atomic E-state index is -0.485. The summed E-state index contributed by atoms with van der Waals surface area (Å²) in [5, 5.41) is 2.82. The van der Waals surface area contributed by atoms with Gasteiger partial charge in [-0.05, 0) is 61.3 Å². The third kappa shape index (κ3) is 4.96. The van der Waals surface area contributed by atoms with Crippen LogP contribution in [0.1, 0.15) is 63.2 Å². The number of anilines is 1. The first-order valence-corrected chi connectivity index (χ1v) is 9.82. The molecule has 1 N–H and O–H groups in total. The molecule has 3 rings (SSSR count). The fraction of sp³-hybridized carbons (Fsp3) is 0.591. The van der Waals surface area contributed by atoms with Crippen LogP contribution in [0.25, 0.3) is 0 Å². The van der Waals surface area contributed by atoms with E-state index in [0.29, 0.717) is 29.5 Å². The van der Waals surface area contributed by atoms with Crippen molar-refractivity contribution in [2.45, 2.75) is 52.9 Å². The number of Topliss-reactive ketones (excluding diaryl/α,β-unsaturated/α-hetero) is 1. The van der Waals surface area contributed by atoms with Crippen LogP contribution in [0, 0.1) is 23.2 Å². The molecule has 0 saturated heterocycles. The van der Waals surface area contributed by atoms with Gasteiger partial charge in [0.25, 0.3) is 0 Å². The quantitative estimate of drug-likeness (QED) is 0.600. The van der Waals surface area contributed by atoms with E-state index in [2.05, 4.69) is 5.32 Å². The van der Waals surface area contributed by atoms with Crippen molar-refractivity contribution in [2.75, 3.05) is 11.9 Å². The summed E-state index contributed by atoms with van der Waals surface area (Å²) < 4.78 is 5.21. The van der Waals surface area contributed by atoms with E-state index in [0.717, 1.165) is 12.3 Å². The summed E-state index contributed by atoms with van der Waals surface area (Å²) in [6.45, 7) is 5.29. The number of amides is 1. The molecule has 2 aliphatic carbocycles. The number of hydrogen-bond acceptors (Lipinski definition) is 4. The van der Waals surface area contributed by atoms with Crippen LogP contribution in [0.15, 0.2) is 24.3 Å². The summed E-state index contributed by atoms with van der Waals surface area (Å²) in [6, 6.07) is 6.66. The van der Waals surface area contributed by atoms with E-state index in [4.69, 9.17) is 4.74 Å². The van der Waals surface area contributed by atoms with Gasteiger partial charge in [0.1, 0.15) is 0 Å². The lowest BCUT2D eigenvalue weighted by Crippen LogP contribution is -2.27. The molecule has 0 radical (unpaired) electrons. The van der Waals surface area contributed by atoms with Crippen LogP contribution >= 0.6 is 0 Å². The Morgan fingerprint density at radius 3 is 2.33 bits per heavy atom. The van der Waals surface area contributed by atoms with Crippen molar-refractivity contribution in [3.05, 3.63) is 29.8 Å². The molecule has 1 amide bonds. The highest BCUT2D eigenvalue weighted by molar-refractivity contribution is 5.99. The topological polar surface area (TPSA) is 72.5 Å². The van der Waals surface area contributed by atoms with E-state index in [1.54, 1.807) is 24.3 Å². The van der Waals surface area contributed by atoms with Gasteiger partial charge in [0.15, 0.2) is 12.4 Å². The second-order valence-corrected chi connectivity index (χ2v) is 9.00. The second kappa shape index (κ2) is 7.83. The van der Waals surface area contributed by atoms with Gasteiger partial charge in [-0.1, -0.05) is 27.2 Å². The predicted molar refractivity (Wildman–Crippen MR) is 103 cm³/mol. The summed E-state index contributed by atoms with van der Waals surface area (Å²) in [6.07, 6.45) is 5.37. The Balaban J connectivity index is 1.45. The molecule has 2 saturated carbocycles. The summed E-state index contributed by atoms with van der Waals surface area (Å²) in [7, 11) is 0. The third-order valence-corrected chi connectivity index (χ3v) is 5.82. The first-order valence-electron chi connectivity index (χ1n) is 9.82. The number of benzene rings is 1. The van der Waals surface area contributed by atoms with Gasteiger partial charge in [0.2, 0.25) is 5.91 Å². The number of nitrogens with one attached hydrogen (secondary N) is 1. The Morgan fingerprint density at radius 2 is 1.78 bits per heavy atom. The van der Waals surface area contributed by atoms with Crippen LogP contribution in [0.2, 0.25) is 0 Å². The van der Waals surface area contributed by atoms with Crippen molar-refractivity contribution in [1.29, 1.82) is 0 Å². The molecule has 146 valence electrons. The van der Waals surface area contributed by atoms with E-state index < -0.39 is 5.41 Å². The molecule has 2 fully saturated rings. The van der Waals surface area contributed by atoms with Gasteiger partial charge in [-0.15, -0.1) is 0 Å². The van der Waals surface area contributed by atoms with Gasteiger partial charge >= 0.3 is 5.97 Å². The lowest BCUT2D eigenvalue weighted by atomic mass is 9.86. The maximum absolute atomic E-state index is 12.2. The highest BCUT2D eigenvalue weighted by atomic mass is 16.5. The normalized spacial score (nSPS) is 23.9. The minimum Gasteiger partial charge on any atom is -0.457 e. The molecule has 2 aliphatic rings. The van der Waals surface area contributed by atoms with Crippen molar-refractivity contribution in [3.8, 4) is 0 Å². The molecule has 5 heteroatoms. The monoisotopic (exact) mass is 371 g/mol. The van der Waals surface area contributed by atoms with E-state index in [-0.39, 0.29) is 24.3 Å². The molecule has 0 spiro atoms. The SMILES string of the molecule is CC(C)(C)C(=O)Nc1ccc(C(=O)COC(=O)C[C@@H]2C[C@H]3CC[C@@H]2C3)cc1. The van der Waals surface area contributed by atoms with Gasteiger partial charge in [-0.2, -0.15) is 0 Å². The standard InChI is InChI=1S/C22H29NO4/c1-22(2,3)21(26)23-18-8-6-15(7-9-18)19(24)13-27-20(25)12-17-11-14-4-5-16(17)10-14/h6-9,14,16-17H,4-5,10-13H2,1-3H3,(H,23,26)/t14-,16+,17-/m0/s1. The van der Waals surface area contributed by atoms with Crippen molar-refractivity contribution in [1.82, 2.24) is 0 Å². The molecule has 3 atom stereocenters. The highest BCUT2D eigenvalue weighted by Gasteiger charge is 2.40. The van der Waals surface area contributed by atoms with Crippen molar-refractivity contribution in [2.24, 2.45) is 23.2 Å². The van der Waals surface area contributed by atoms with E-state index in [1.165, 1.54) is 19.3 Å². The van der Waals surface area contributed by atoms with Gasteiger partial charge in [0.05, 0.1) is 0 Å². The summed E-state index contributed by atoms with van der Waals surface area (Å²) >= 11 is 0. The molecule has 0 aliphatic heterocycles. The Kier molecular flexibility index (Phi) is 5.68. The lowest BCUT2D eigenvalue weighted by molar-refractivity contribution is -0.144. The number of fused-ring (bicyclic) bond motifs is 2. The molecule has 1 aromatic rings. The molecule has 0 heterocycles. The van der Waals surface area contributed by atoms with Gasteiger partial charge < -0.3 is 10.1 Å². The Labute approximate surface area is 160 Å². The molecule has 1 aromatic carbocycles. The summed E-state index contributed by atoms with van der Waals surface area (Å²) in [5.74, 6) is 1.33. The molecule has 2 bridgehead atoms. The highest BCUT2D eigenvalue weighted by Crippen LogP contribution is 2.49. The predicted octanol–water partition coefficient (Wildman–Crippen LogP) is 4.22. The number of ketones is 1. The largest absolute Gasteiger partial charge is 0.457 e. The lowest BCUT2D eigenvalue weighted by Gasteiger charge is -2.20. The molecule has 27 heavy (non-hydrogen) atoms. The number of rotatable bonds is 6. The smallest absolute Gasteiger partial charge is 0.306 e. The van der Waals surface area contributed by atoms with Crippen LogP contribution in [0.3, 0.4) is 0 Å². The number of esters is 1. The van der Waals surface area contributed by atoms with Crippen LogP contribution in [-0.4, -0.2) is 24.3 Å². The van der Waals surface area contributed by atoms with Crippen molar-refractivity contribution in [3.63, 3.8) is 0 Å². The zero-order valence-electron chi connectivity index (χ0n) is 16.4. The number of hydrogen-bond donors (Lipinski definition) is 1. The molecule has 0 aromatic heterocycles. The fourth-order valence-electron chi connectivity index (χ4n) is 4.19. The van der Waals surface area contributed by atoms with Crippen LogP contribution in [-0.2, 0) is 14.3 Å². The average molecular weight is 371 g/mol. The van der Waals surface area contributed by atoms with Crippen molar-refractivity contribution >= 4 is 23.3 Å². The Bertz CT molecular complexity index is 717. The van der Waals surface area contributed by atoms with Gasteiger partial charge in [-0.25, -0.2) is 0 Å². The van der Waals surface area contributed by atoms with Crippen LogP contribution in [0.4, 0.5) is 5.69 Å². The minimum absolute atomic E-state index is 0.0869. The van der Waals surface area contributed by atoms with Gasteiger partial charge in [0, 0.05) is 23.1 Å². The van der Waals surface area contributed by atoms with E-state index in [9.17, 15) is 14.4 Å². The fourth-order valence-corrected chi connectivity index (χ4v) is 4.19. The Morgan fingerprint density at radius 1 is 1.07 bits per heavy atom. The number of carbonyl (C=O) groups excluding carboxylic acids is 3. The molecule has 0 unspecified atom stereocenters. The summed E-state index contributed by atoms with van der Waals surface area (Å²) in [5.41, 5.74) is 0.623. The maximum atomic E-state index is 12.2. The second-order valence-electron chi connectivity index (χ2n) is 9.00. The zero-order valence-corrected chi connectivity index (χ0v) is 16.4. The van der Waals surface area contributed by atoms with Crippen molar-refractivity contribution < 1.29 is 19.1 Å². The van der Waals surface area contributed by atoms with E-state index >= 15 is 0 Å². The van der Waals surface area contributed by atoms with Gasteiger partial charge in [-0.3, -0.25) is 14.4 Å². The van der Waals surface area contributed by atoms with E-state index in [1.807, 2.05) is 20.8 Å². The average Bonchev–Trinajstić information content (AvgIpc) is 3.22. The third-order valence-electron chi connectivity index (χ3n) is 5.82. The zero-order chi connectivity index (χ0) is 19.6. The first-order chi connectivity index (χ1) is 12.7. The first kappa shape index (κ1) is 19.6. The maximum Gasteiger partial charge on any atom is 0.306 e. The number of carbonyl (C=O) groups is 3. The van der Waals surface area contributed by atoms with Crippen LogP contribution < -0.4 is 5.32 Å². The molecule has 5 nitrogen and oxygen atoms in total. The van der Waals surface area contributed by atoms with Crippen LogP contribution in [0.5, 0.6) is 0 Å². The number of ether oxygens (including phenoxy) is 1. The molecular formula is C22H29NO4. The summed E-state index contributed by atoms with van der Waals surface area (Å²) in [4.78, 5) is 36.3. The molecular weight excluding hydrogens is 342 g/mol. The Hall–Kier alpha value is -2.17.